The average Bonchev–Trinajstić information content (AvgIpc) is 3.04. The molecule has 2 aromatic carbocycles. The topological polar surface area (TPSA) is 76.2 Å². The van der Waals surface area contributed by atoms with Gasteiger partial charge in [0.25, 0.3) is 0 Å². The molecule has 0 unspecified atom stereocenters. The van der Waals surface area contributed by atoms with E-state index >= 15 is 0 Å². The molecule has 11 heteroatoms. The van der Waals surface area contributed by atoms with Crippen LogP contribution in [0.1, 0.15) is 29.5 Å². The van der Waals surface area contributed by atoms with Crippen LogP contribution in [0.2, 0.25) is 0 Å². The van der Waals surface area contributed by atoms with Crippen LogP contribution in [0.4, 0.5) is 18.0 Å². The number of carbonyl (C=O) groups excluding carboxylic acids is 1. The number of halogens is 3. The van der Waals surface area contributed by atoms with Gasteiger partial charge in [0.15, 0.2) is 0 Å². The van der Waals surface area contributed by atoms with Crippen molar-refractivity contribution >= 4 is 16.1 Å². The van der Waals surface area contributed by atoms with Gasteiger partial charge in [-0.2, -0.15) is 0 Å². The van der Waals surface area contributed by atoms with E-state index in [4.69, 9.17) is 4.74 Å². The molecule has 2 heterocycles. The Bertz CT molecular complexity index is 1130. The Morgan fingerprint density at radius 3 is 2.18 bits per heavy atom. The lowest BCUT2D eigenvalue weighted by Gasteiger charge is -2.36. The van der Waals surface area contributed by atoms with E-state index in [1.54, 1.807) is 4.90 Å². The zero-order chi connectivity index (χ0) is 24.6. The molecule has 0 bridgehead atoms. The predicted molar refractivity (Wildman–Crippen MR) is 117 cm³/mol. The maximum absolute atomic E-state index is 12.9. The van der Waals surface area contributed by atoms with Crippen LogP contribution in [0.25, 0.3) is 0 Å². The number of carbonyl (C=O) groups is 1. The molecule has 0 atom stereocenters. The highest BCUT2D eigenvalue weighted by atomic mass is 32.2. The van der Waals surface area contributed by atoms with Gasteiger partial charge < -0.3 is 9.47 Å². The van der Waals surface area contributed by atoms with Crippen molar-refractivity contribution in [1.82, 2.24) is 9.21 Å². The Labute approximate surface area is 196 Å². The number of aryl methyl sites for hydroxylation is 1. The molecule has 0 saturated carbocycles. The van der Waals surface area contributed by atoms with E-state index in [1.165, 1.54) is 16.4 Å². The van der Waals surface area contributed by atoms with Gasteiger partial charge in [-0.15, -0.1) is 13.2 Å². The van der Waals surface area contributed by atoms with Gasteiger partial charge in [-0.1, -0.05) is 42.0 Å². The number of ether oxygens (including phenoxy) is 2. The maximum atomic E-state index is 12.9. The van der Waals surface area contributed by atoms with E-state index < -0.39 is 33.8 Å². The minimum absolute atomic E-state index is 0.198. The van der Waals surface area contributed by atoms with Crippen LogP contribution >= 0.6 is 0 Å². The van der Waals surface area contributed by atoms with Crippen LogP contribution in [-0.2, 0) is 27.1 Å². The van der Waals surface area contributed by atoms with Gasteiger partial charge in [-0.25, -0.2) is 17.5 Å². The smallest absolute Gasteiger partial charge is 0.441 e. The Balaban J connectivity index is 1.33. The molecule has 7 nitrogen and oxygen atoms in total. The van der Waals surface area contributed by atoms with Crippen LogP contribution in [0.3, 0.4) is 0 Å². The predicted octanol–water partition coefficient (Wildman–Crippen LogP) is 4.21. The second-order valence-corrected chi connectivity index (χ2v) is 10.7. The van der Waals surface area contributed by atoms with E-state index in [0.717, 1.165) is 23.3 Å². The number of benzene rings is 2. The molecular formula is C23H25F3N2O5S. The number of alkyl halides is 3. The first kappa shape index (κ1) is 24.3. The molecular weight excluding hydrogens is 473 g/mol. The first-order valence-corrected chi connectivity index (χ1v) is 12.4. The maximum Gasteiger partial charge on any atom is 0.573 e. The highest BCUT2D eigenvalue weighted by molar-refractivity contribution is 7.88. The van der Waals surface area contributed by atoms with E-state index in [1.807, 2.05) is 31.2 Å². The average molecular weight is 499 g/mol. The number of piperidine rings is 1. The first-order valence-electron chi connectivity index (χ1n) is 10.8. The molecule has 0 aliphatic carbocycles. The lowest BCUT2D eigenvalue weighted by Crippen LogP contribution is -2.48. The second-order valence-electron chi connectivity index (χ2n) is 8.74. The second kappa shape index (κ2) is 9.10. The highest BCUT2D eigenvalue weighted by Crippen LogP contribution is 2.35. The number of hydrogen-bond donors (Lipinski definition) is 0. The number of sulfonamides is 1. The fourth-order valence-electron chi connectivity index (χ4n) is 4.25. The summed E-state index contributed by atoms with van der Waals surface area (Å²) in [6.07, 6.45) is -4.46. The van der Waals surface area contributed by atoms with Crippen LogP contribution < -0.4 is 4.74 Å². The number of nitrogens with zero attached hydrogens (tertiary/aromatic N) is 2. The van der Waals surface area contributed by atoms with E-state index in [-0.39, 0.29) is 18.8 Å². The van der Waals surface area contributed by atoms with Gasteiger partial charge in [0.2, 0.25) is 10.0 Å². The zero-order valence-electron chi connectivity index (χ0n) is 18.5. The standard InChI is InChI=1S/C23H25F3N2O5S/c1-17-2-4-18(5-3-17)14-27-16-22(33-21(27)29)10-12-28(13-11-22)34(30,31)15-19-6-8-20(9-7-19)32-23(24,25)26/h2-9H,10-16H2,1H3. The molecule has 0 radical (unpaired) electrons. The van der Waals surface area contributed by atoms with E-state index in [9.17, 15) is 26.4 Å². The van der Waals surface area contributed by atoms with Crippen molar-refractivity contribution in [3.63, 3.8) is 0 Å². The van der Waals surface area contributed by atoms with Gasteiger partial charge in [0.05, 0.1) is 12.3 Å². The van der Waals surface area contributed by atoms with Gasteiger partial charge in [-0.05, 0) is 30.2 Å². The zero-order valence-corrected chi connectivity index (χ0v) is 19.4. The molecule has 2 fully saturated rings. The van der Waals surface area contributed by atoms with Crippen molar-refractivity contribution in [3.05, 3.63) is 65.2 Å². The normalized spacial score (nSPS) is 18.8. The van der Waals surface area contributed by atoms with Crippen molar-refractivity contribution in [2.24, 2.45) is 0 Å². The lowest BCUT2D eigenvalue weighted by molar-refractivity contribution is -0.274. The summed E-state index contributed by atoms with van der Waals surface area (Å²) in [7, 11) is -3.69. The summed E-state index contributed by atoms with van der Waals surface area (Å²) in [6, 6.07) is 12.7. The third-order valence-corrected chi connectivity index (χ3v) is 7.92. The molecule has 4 rings (SSSR count). The van der Waals surface area contributed by atoms with Crippen LogP contribution in [0, 0.1) is 6.92 Å². The van der Waals surface area contributed by atoms with E-state index in [0.29, 0.717) is 31.5 Å². The molecule has 2 aromatic rings. The molecule has 34 heavy (non-hydrogen) atoms. The summed E-state index contributed by atoms with van der Waals surface area (Å²) in [6.45, 7) is 3.21. The first-order chi connectivity index (χ1) is 15.9. The summed E-state index contributed by atoms with van der Waals surface area (Å²) < 4.78 is 73.5. The molecule has 184 valence electrons. The van der Waals surface area contributed by atoms with Crippen molar-refractivity contribution < 1.29 is 35.9 Å². The van der Waals surface area contributed by atoms with Crippen molar-refractivity contribution in [3.8, 4) is 5.75 Å². The largest absolute Gasteiger partial charge is 0.573 e. The third-order valence-electron chi connectivity index (χ3n) is 6.07. The Kier molecular flexibility index (Phi) is 6.52. The summed E-state index contributed by atoms with van der Waals surface area (Å²) in [4.78, 5) is 14.1. The highest BCUT2D eigenvalue weighted by Gasteiger charge is 2.48. The van der Waals surface area contributed by atoms with Crippen LogP contribution in [-0.4, -0.2) is 55.3 Å². The van der Waals surface area contributed by atoms with Crippen molar-refractivity contribution in [2.45, 2.75) is 44.0 Å². The van der Waals surface area contributed by atoms with Crippen molar-refractivity contribution in [1.29, 1.82) is 0 Å². The number of amides is 1. The summed E-state index contributed by atoms with van der Waals surface area (Å²) >= 11 is 0. The van der Waals surface area contributed by atoms with Crippen LogP contribution in [0.15, 0.2) is 48.5 Å². The Morgan fingerprint density at radius 1 is 1.00 bits per heavy atom. The molecule has 2 aliphatic rings. The SMILES string of the molecule is Cc1ccc(CN2CC3(CCN(S(=O)(=O)Cc4ccc(OC(F)(F)F)cc4)CC3)OC2=O)cc1. The van der Waals surface area contributed by atoms with Crippen LogP contribution in [0.5, 0.6) is 5.75 Å². The fraction of sp³-hybridized carbons (Fsp3) is 0.435. The number of hydrogen-bond acceptors (Lipinski definition) is 5. The molecule has 0 aromatic heterocycles. The fourth-order valence-corrected chi connectivity index (χ4v) is 5.79. The van der Waals surface area contributed by atoms with Gasteiger partial charge in [0, 0.05) is 32.5 Å². The molecule has 0 N–H and O–H groups in total. The monoisotopic (exact) mass is 498 g/mol. The van der Waals surface area contributed by atoms with Crippen molar-refractivity contribution in [2.75, 3.05) is 19.6 Å². The molecule has 1 spiro atoms. The number of rotatable bonds is 6. The summed E-state index contributed by atoms with van der Waals surface area (Å²) in [5.41, 5.74) is 1.76. The lowest BCUT2D eigenvalue weighted by atomic mass is 9.92. The quantitative estimate of drug-likeness (QED) is 0.597. The van der Waals surface area contributed by atoms with Gasteiger partial charge in [0.1, 0.15) is 11.4 Å². The minimum Gasteiger partial charge on any atom is -0.441 e. The van der Waals surface area contributed by atoms with Gasteiger partial charge in [-0.3, -0.25) is 4.90 Å². The summed E-state index contributed by atoms with van der Waals surface area (Å²) in [5, 5.41) is 0. The molecule has 2 saturated heterocycles. The third kappa shape index (κ3) is 5.82. The molecule has 2 aliphatic heterocycles. The Hall–Kier alpha value is -2.79. The summed E-state index contributed by atoms with van der Waals surface area (Å²) in [5.74, 6) is -0.752. The molecule has 1 amide bonds. The van der Waals surface area contributed by atoms with Gasteiger partial charge >= 0.3 is 12.5 Å². The Morgan fingerprint density at radius 2 is 1.59 bits per heavy atom. The minimum atomic E-state index is -4.81. The van der Waals surface area contributed by atoms with E-state index in [2.05, 4.69) is 4.74 Å².